The standard InChI is InChI=1S/C10H24N2O/c1-5-8(2)10(12-11)7-6-9(3)13-4/h8-10,12H,5-7,11H2,1-4H3. The number of hydrogen-bond acceptors (Lipinski definition) is 3. The third kappa shape index (κ3) is 5.24. The van der Waals surface area contributed by atoms with Crippen LogP contribution in [0.3, 0.4) is 0 Å². The molecule has 0 radical (unpaired) electrons. The number of hydrogen-bond donors (Lipinski definition) is 2. The molecule has 0 saturated heterocycles. The van der Waals surface area contributed by atoms with Gasteiger partial charge >= 0.3 is 0 Å². The first-order valence-corrected chi connectivity index (χ1v) is 5.14. The molecule has 0 aromatic heterocycles. The van der Waals surface area contributed by atoms with Crippen molar-refractivity contribution in [3.05, 3.63) is 0 Å². The van der Waals surface area contributed by atoms with Gasteiger partial charge in [0.05, 0.1) is 6.10 Å². The summed E-state index contributed by atoms with van der Waals surface area (Å²) in [4.78, 5) is 0. The Morgan fingerprint density at radius 2 is 1.92 bits per heavy atom. The lowest BCUT2D eigenvalue weighted by molar-refractivity contribution is 0.103. The fraction of sp³-hybridized carbons (Fsp3) is 1.00. The lowest BCUT2D eigenvalue weighted by Crippen LogP contribution is -2.40. The molecule has 0 fully saturated rings. The summed E-state index contributed by atoms with van der Waals surface area (Å²) in [7, 11) is 1.75. The normalized spacial score (nSPS) is 18.2. The van der Waals surface area contributed by atoms with E-state index in [4.69, 9.17) is 10.6 Å². The van der Waals surface area contributed by atoms with E-state index in [1.807, 2.05) is 0 Å². The molecule has 3 atom stereocenters. The minimum absolute atomic E-state index is 0.333. The summed E-state index contributed by atoms with van der Waals surface area (Å²) in [6.07, 6.45) is 3.65. The Morgan fingerprint density at radius 1 is 1.31 bits per heavy atom. The van der Waals surface area contributed by atoms with Gasteiger partial charge in [0.25, 0.3) is 0 Å². The molecular weight excluding hydrogens is 164 g/mol. The Balaban J connectivity index is 3.71. The molecule has 0 spiro atoms. The lowest BCUT2D eigenvalue weighted by Gasteiger charge is -2.23. The van der Waals surface area contributed by atoms with Gasteiger partial charge in [-0.1, -0.05) is 20.3 Å². The zero-order chi connectivity index (χ0) is 10.3. The van der Waals surface area contributed by atoms with Crippen molar-refractivity contribution >= 4 is 0 Å². The summed E-state index contributed by atoms with van der Waals surface area (Å²) in [5, 5.41) is 0. The Bertz CT molecular complexity index is 119. The maximum atomic E-state index is 5.49. The highest BCUT2D eigenvalue weighted by molar-refractivity contribution is 4.71. The molecule has 0 heterocycles. The average molecular weight is 188 g/mol. The van der Waals surface area contributed by atoms with Crippen LogP contribution in [0.1, 0.15) is 40.0 Å². The maximum Gasteiger partial charge on any atom is 0.0543 e. The van der Waals surface area contributed by atoms with E-state index in [1.165, 1.54) is 0 Å². The second-order valence-corrected chi connectivity index (χ2v) is 3.78. The van der Waals surface area contributed by atoms with Crippen molar-refractivity contribution < 1.29 is 4.74 Å². The zero-order valence-corrected chi connectivity index (χ0v) is 9.34. The van der Waals surface area contributed by atoms with E-state index in [0.29, 0.717) is 18.1 Å². The first-order chi connectivity index (χ1) is 6.15. The third-order valence-electron chi connectivity index (χ3n) is 2.83. The Hall–Kier alpha value is -0.120. The highest BCUT2D eigenvalue weighted by Crippen LogP contribution is 2.13. The average Bonchev–Trinajstić information content (AvgIpc) is 2.17. The molecular formula is C10H24N2O. The summed E-state index contributed by atoms with van der Waals surface area (Å²) in [5.74, 6) is 6.12. The molecule has 0 aromatic carbocycles. The number of methoxy groups -OCH3 is 1. The second kappa shape index (κ2) is 7.30. The Kier molecular flexibility index (Phi) is 7.23. The van der Waals surface area contributed by atoms with Gasteiger partial charge in [-0.15, -0.1) is 0 Å². The van der Waals surface area contributed by atoms with E-state index in [-0.39, 0.29) is 0 Å². The van der Waals surface area contributed by atoms with Crippen LogP contribution >= 0.6 is 0 Å². The molecule has 3 unspecified atom stereocenters. The van der Waals surface area contributed by atoms with Gasteiger partial charge < -0.3 is 4.74 Å². The smallest absolute Gasteiger partial charge is 0.0543 e. The highest BCUT2D eigenvalue weighted by Gasteiger charge is 2.14. The van der Waals surface area contributed by atoms with Gasteiger partial charge in [-0.2, -0.15) is 0 Å². The lowest BCUT2D eigenvalue weighted by atomic mass is 9.95. The molecule has 3 nitrogen and oxygen atoms in total. The molecule has 0 rings (SSSR count). The molecule has 0 aliphatic heterocycles. The molecule has 0 bridgehead atoms. The molecule has 0 saturated carbocycles. The van der Waals surface area contributed by atoms with Crippen LogP contribution in [0.4, 0.5) is 0 Å². The van der Waals surface area contributed by atoms with E-state index >= 15 is 0 Å². The van der Waals surface area contributed by atoms with Crippen molar-refractivity contribution in [2.24, 2.45) is 11.8 Å². The van der Waals surface area contributed by atoms with E-state index in [2.05, 4.69) is 26.2 Å². The zero-order valence-electron chi connectivity index (χ0n) is 9.34. The number of nitrogens with two attached hydrogens (primary N) is 1. The van der Waals surface area contributed by atoms with Gasteiger partial charge in [0, 0.05) is 13.2 Å². The van der Waals surface area contributed by atoms with Crippen LogP contribution in [-0.2, 0) is 4.74 Å². The van der Waals surface area contributed by atoms with Crippen LogP contribution in [0, 0.1) is 5.92 Å². The Labute approximate surface area is 82.0 Å². The molecule has 0 aliphatic carbocycles. The van der Waals surface area contributed by atoms with Crippen LogP contribution in [0.5, 0.6) is 0 Å². The minimum atomic E-state index is 0.333. The summed E-state index contributed by atoms with van der Waals surface area (Å²) < 4.78 is 5.19. The van der Waals surface area contributed by atoms with Crippen LogP contribution in [0.15, 0.2) is 0 Å². The summed E-state index contributed by atoms with van der Waals surface area (Å²) >= 11 is 0. The first-order valence-electron chi connectivity index (χ1n) is 5.14. The van der Waals surface area contributed by atoms with Gasteiger partial charge in [0.1, 0.15) is 0 Å². The summed E-state index contributed by atoms with van der Waals surface area (Å²) in [6.45, 7) is 6.50. The molecule has 0 amide bonds. The topological polar surface area (TPSA) is 47.3 Å². The molecule has 0 aromatic rings. The van der Waals surface area contributed by atoms with Crippen molar-refractivity contribution in [2.75, 3.05) is 7.11 Å². The SMILES string of the molecule is CCC(C)C(CCC(C)OC)NN. The van der Waals surface area contributed by atoms with Gasteiger partial charge in [-0.3, -0.25) is 11.3 Å². The number of hydrazine groups is 1. The van der Waals surface area contributed by atoms with E-state index < -0.39 is 0 Å². The van der Waals surface area contributed by atoms with Crippen LogP contribution < -0.4 is 11.3 Å². The predicted molar refractivity (Wildman–Crippen MR) is 56.3 cm³/mol. The highest BCUT2D eigenvalue weighted by atomic mass is 16.5. The monoisotopic (exact) mass is 188 g/mol. The number of nitrogens with one attached hydrogen (secondary N) is 1. The largest absolute Gasteiger partial charge is 0.382 e. The van der Waals surface area contributed by atoms with Gasteiger partial charge in [0.2, 0.25) is 0 Å². The maximum absolute atomic E-state index is 5.49. The van der Waals surface area contributed by atoms with Crippen molar-refractivity contribution in [3.63, 3.8) is 0 Å². The van der Waals surface area contributed by atoms with Crippen molar-refractivity contribution in [2.45, 2.75) is 52.2 Å². The van der Waals surface area contributed by atoms with Crippen molar-refractivity contribution in [3.8, 4) is 0 Å². The van der Waals surface area contributed by atoms with Crippen LogP contribution in [-0.4, -0.2) is 19.3 Å². The molecule has 80 valence electrons. The third-order valence-corrected chi connectivity index (χ3v) is 2.83. The van der Waals surface area contributed by atoms with Crippen LogP contribution in [0.25, 0.3) is 0 Å². The van der Waals surface area contributed by atoms with E-state index in [1.54, 1.807) is 7.11 Å². The minimum Gasteiger partial charge on any atom is -0.382 e. The molecule has 3 heteroatoms. The number of ether oxygens (including phenoxy) is 1. The second-order valence-electron chi connectivity index (χ2n) is 3.78. The van der Waals surface area contributed by atoms with Crippen LogP contribution in [0.2, 0.25) is 0 Å². The first kappa shape index (κ1) is 12.9. The molecule has 0 aliphatic rings. The number of rotatable bonds is 7. The fourth-order valence-electron chi connectivity index (χ4n) is 1.35. The van der Waals surface area contributed by atoms with Gasteiger partial charge in [-0.25, -0.2) is 0 Å². The molecule has 3 N–H and O–H groups in total. The van der Waals surface area contributed by atoms with E-state index in [9.17, 15) is 0 Å². The van der Waals surface area contributed by atoms with Crippen molar-refractivity contribution in [1.82, 2.24) is 5.43 Å². The molecule has 13 heavy (non-hydrogen) atoms. The van der Waals surface area contributed by atoms with Crippen molar-refractivity contribution in [1.29, 1.82) is 0 Å². The summed E-state index contributed by atoms with van der Waals surface area (Å²) in [5.41, 5.74) is 2.88. The van der Waals surface area contributed by atoms with E-state index in [0.717, 1.165) is 19.3 Å². The fourth-order valence-corrected chi connectivity index (χ4v) is 1.35. The predicted octanol–water partition coefficient (Wildman–Crippen LogP) is 1.68. The Morgan fingerprint density at radius 3 is 2.31 bits per heavy atom. The quantitative estimate of drug-likeness (QED) is 0.472. The summed E-state index contributed by atoms with van der Waals surface area (Å²) in [6, 6.07) is 0.419. The van der Waals surface area contributed by atoms with Gasteiger partial charge in [-0.05, 0) is 25.7 Å². The van der Waals surface area contributed by atoms with Gasteiger partial charge in [0.15, 0.2) is 0 Å².